The van der Waals surface area contributed by atoms with Crippen LogP contribution in [-0.4, -0.2) is 11.9 Å². The number of hydrogen-bond donors (Lipinski definition) is 2. The lowest BCUT2D eigenvalue weighted by molar-refractivity contribution is 0.1000. The van der Waals surface area contributed by atoms with Gasteiger partial charge in [0.1, 0.15) is 5.82 Å². The van der Waals surface area contributed by atoms with Gasteiger partial charge < -0.3 is 11.1 Å². The molecule has 1 fully saturated rings. The molecule has 2 rings (SSSR count). The summed E-state index contributed by atoms with van der Waals surface area (Å²) in [6, 6.07) is 4.63. The summed E-state index contributed by atoms with van der Waals surface area (Å²) in [4.78, 5) is 11.1. The molecule has 0 aromatic heterocycles. The van der Waals surface area contributed by atoms with Crippen LogP contribution in [0.3, 0.4) is 0 Å². The summed E-state index contributed by atoms with van der Waals surface area (Å²) < 4.78 is 13.7. The fourth-order valence-electron chi connectivity index (χ4n) is 2.76. The lowest BCUT2D eigenvalue weighted by Crippen LogP contribution is -2.32. The van der Waals surface area contributed by atoms with Crippen LogP contribution in [0, 0.1) is 11.7 Å². The van der Waals surface area contributed by atoms with Crippen LogP contribution in [0.5, 0.6) is 0 Å². The third-order valence-electron chi connectivity index (χ3n) is 4.05. The van der Waals surface area contributed by atoms with Crippen molar-refractivity contribution in [1.29, 1.82) is 0 Å². The lowest BCUT2D eigenvalue weighted by atomic mass is 9.99. The Hall–Kier alpha value is -1.42. The molecule has 0 heterocycles. The van der Waals surface area contributed by atoms with E-state index >= 15 is 0 Å². The molecule has 1 aromatic carbocycles. The van der Waals surface area contributed by atoms with Crippen molar-refractivity contribution >= 4 is 5.91 Å². The molecule has 19 heavy (non-hydrogen) atoms. The molecule has 0 aliphatic heterocycles. The van der Waals surface area contributed by atoms with E-state index in [0.717, 1.165) is 0 Å². The normalized spacial score (nSPS) is 17.6. The van der Waals surface area contributed by atoms with E-state index in [-0.39, 0.29) is 5.82 Å². The van der Waals surface area contributed by atoms with Gasteiger partial charge >= 0.3 is 0 Å². The van der Waals surface area contributed by atoms with E-state index in [9.17, 15) is 9.18 Å². The van der Waals surface area contributed by atoms with E-state index in [1.165, 1.54) is 43.9 Å². The number of primary amides is 1. The Morgan fingerprint density at radius 3 is 2.79 bits per heavy atom. The highest BCUT2D eigenvalue weighted by Crippen LogP contribution is 2.27. The number of halogens is 1. The van der Waals surface area contributed by atoms with Crippen LogP contribution in [0.15, 0.2) is 18.2 Å². The van der Waals surface area contributed by atoms with E-state index in [1.807, 2.05) is 0 Å². The number of hydrogen-bond acceptors (Lipinski definition) is 2. The van der Waals surface area contributed by atoms with Crippen LogP contribution < -0.4 is 11.1 Å². The smallest absolute Gasteiger partial charge is 0.248 e. The van der Waals surface area contributed by atoms with Crippen molar-refractivity contribution in [2.24, 2.45) is 11.7 Å². The van der Waals surface area contributed by atoms with Crippen molar-refractivity contribution in [3.8, 4) is 0 Å². The highest BCUT2D eigenvalue weighted by molar-refractivity contribution is 5.92. The van der Waals surface area contributed by atoms with Crippen molar-refractivity contribution < 1.29 is 9.18 Å². The standard InChI is InChI=1S/C15H21FN2O/c1-10(11-4-2-3-5-11)18-9-13-8-12(15(17)19)6-7-14(13)16/h6-8,10-11,18H,2-5,9H2,1H3,(H2,17,19)/t10-/m0/s1. The Labute approximate surface area is 113 Å². The summed E-state index contributed by atoms with van der Waals surface area (Å²) in [5.74, 6) is -0.136. The molecule has 1 aliphatic rings. The van der Waals surface area contributed by atoms with Crippen LogP contribution in [0.4, 0.5) is 4.39 Å². The van der Waals surface area contributed by atoms with E-state index < -0.39 is 5.91 Å². The fourth-order valence-corrected chi connectivity index (χ4v) is 2.76. The molecule has 3 N–H and O–H groups in total. The van der Waals surface area contributed by atoms with Crippen LogP contribution in [0.2, 0.25) is 0 Å². The lowest BCUT2D eigenvalue weighted by Gasteiger charge is -2.20. The first-order valence-corrected chi connectivity index (χ1v) is 6.89. The molecule has 1 saturated carbocycles. The van der Waals surface area contributed by atoms with E-state index in [1.54, 1.807) is 0 Å². The maximum atomic E-state index is 13.7. The summed E-state index contributed by atoms with van der Waals surface area (Å²) in [6.07, 6.45) is 5.08. The molecule has 1 aromatic rings. The molecule has 0 saturated heterocycles. The van der Waals surface area contributed by atoms with E-state index in [4.69, 9.17) is 5.73 Å². The summed E-state index contributed by atoms with van der Waals surface area (Å²) in [5.41, 5.74) is 6.06. The van der Waals surface area contributed by atoms with Gasteiger partial charge in [0.25, 0.3) is 0 Å². The van der Waals surface area contributed by atoms with E-state index in [2.05, 4.69) is 12.2 Å². The summed E-state index contributed by atoms with van der Waals surface area (Å²) in [6.45, 7) is 2.58. The average molecular weight is 264 g/mol. The SMILES string of the molecule is C[C@H](NCc1cc(C(N)=O)ccc1F)C1CCCC1. The van der Waals surface area contributed by atoms with Gasteiger partial charge in [-0.25, -0.2) is 4.39 Å². The zero-order chi connectivity index (χ0) is 13.8. The zero-order valence-electron chi connectivity index (χ0n) is 11.3. The van der Waals surface area contributed by atoms with Gasteiger partial charge in [0.15, 0.2) is 0 Å². The average Bonchev–Trinajstić information content (AvgIpc) is 2.91. The molecule has 1 atom stereocenters. The highest BCUT2D eigenvalue weighted by atomic mass is 19.1. The first-order chi connectivity index (χ1) is 9.08. The Morgan fingerprint density at radius 1 is 1.47 bits per heavy atom. The second-order valence-corrected chi connectivity index (χ2v) is 5.38. The Bertz CT molecular complexity index is 455. The predicted octanol–water partition coefficient (Wildman–Crippen LogP) is 2.59. The maximum absolute atomic E-state index is 13.7. The van der Waals surface area contributed by atoms with Crippen molar-refractivity contribution in [1.82, 2.24) is 5.32 Å². The first kappa shape index (κ1) is 14.0. The number of carbonyl (C=O) groups is 1. The zero-order valence-corrected chi connectivity index (χ0v) is 11.3. The molecule has 0 radical (unpaired) electrons. The first-order valence-electron chi connectivity index (χ1n) is 6.89. The minimum Gasteiger partial charge on any atom is -0.366 e. The number of rotatable bonds is 5. The van der Waals surface area contributed by atoms with Crippen LogP contribution >= 0.6 is 0 Å². The van der Waals surface area contributed by atoms with Gasteiger partial charge in [-0.05, 0) is 43.9 Å². The molecule has 3 nitrogen and oxygen atoms in total. The minimum absolute atomic E-state index is 0.295. The Kier molecular flexibility index (Phi) is 4.53. The van der Waals surface area contributed by atoms with Gasteiger partial charge in [-0.2, -0.15) is 0 Å². The van der Waals surface area contributed by atoms with Crippen molar-refractivity contribution in [2.45, 2.75) is 45.2 Å². The molecule has 1 amide bonds. The van der Waals surface area contributed by atoms with E-state index in [0.29, 0.717) is 29.6 Å². The van der Waals surface area contributed by atoms with Crippen molar-refractivity contribution in [3.05, 3.63) is 35.1 Å². The topological polar surface area (TPSA) is 55.1 Å². The van der Waals surface area contributed by atoms with Gasteiger partial charge in [-0.15, -0.1) is 0 Å². The molecule has 0 bridgehead atoms. The fraction of sp³-hybridized carbons (Fsp3) is 0.533. The number of amides is 1. The molecule has 0 unspecified atom stereocenters. The monoisotopic (exact) mass is 264 g/mol. The van der Waals surface area contributed by atoms with Gasteiger partial charge in [0, 0.05) is 23.7 Å². The quantitative estimate of drug-likeness (QED) is 0.859. The molecule has 4 heteroatoms. The third-order valence-corrected chi connectivity index (χ3v) is 4.05. The number of nitrogens with one attached hydrogen (secondary N) is 1. The Morgan fingerprint density at radius 2 is 2.16 bits per heavy atom. The van der Waals surface area contributed by atoms with Crippen LogP contribution in [-0.2, 0) is 6.54 Å². The molecular formula is C15H21FN2O. The molecule has 104 valence electrons. The third kappa shape index (κ3) is 3.53. The second-order valence-electron chi connectivity index (χ2n) is 5.38. The van der Waals surface area contributed by atoms with Crippen molar-refractivity contribution in [2.75, 3.05) is 0 Å². The van der Waals surface area contributed by atoms with Gasteiger partial charge in [0.2, 0.25) is 5.91 Å². The predicted molar refractivity (Wildman–Crippen MR) is 73.2 cm³/mol. The van der Waals surface area contributed by atoms with Crippen molar-refractivity contribution in [3.63, 3.8) is 0 Å². The largest absolute Gasteiger partial charge is 0.366 e. The molecular weight excluding hydrogens is 243 g/mol. The van der Waals surface area contributed by atoms with Gasteiger partial charge in [-0.3, -0.25) is 4.79 Å². The molecule has 0 spiro atoms. The summed E-state index contributed by atoms with van der Waals surface area (Å²) in [5, 5.41) is 3.36. The number of nitrogens with two attached hydrogens (primary N) is 1. The number of carbonyl (C=O) groups excluding carboxylic acids is 1. The van der Waals surface area contributed by atoms with Gasteiger partial charge in [-0.1, -0.05) is 12.8 Å². The number of benzene rings is 1. The summed E-state index contributed by atoms with van der Waals surface area (Å²) >= 11 is 0. The van der Waals surface area contributed by atoms with Gasteiger partial charge in [0.05, 0.1) is 0 Å². The minimum atomic E-state index is -0.523. The second kappa shape index (κ2) is 6.15. The van der Waals surface area contributed by atoms with Crippen LogP contribution in [0.25, 0.3) is 0 Å². The summed E-state index contributed by atoms with van der Waals surface area (Å²) in [7, 11) is 0. The Balaban J connectivity index is 1.98. The maximum Gasteiger partial charge on any atom is 0.248 e. The molecule has 1 aliphatic carbocycles. The highest BCUT2D eigenvalue weighted by Gasteiger charge is 2.21. The van der Waals surface area contributed by atoms with Crippen LogP contribution in [0.1, 0.15) is 48.5 Å².